The zero-order valence-electron chi connectivity index (χ0n) is 15.6. The molecular weight excluding hydrogens is 300 g/mol. The second-order valence-electron chi connectivity index (χ2n) is 7.16. The number of fused-ring (bicyclic) bond motifs is 1. The fraction of sp³-hybridized carbons (Fsp3) is 0.571. The van der Waals surface area contributed by atoms with Crippen molar-refractivity contribution in [3.63, 3.8) is 0 Å². The van der Waals surface area contributed by atoms with Crippen molar-refractivity contribution in [2.24, 2.45) is 5.92 Å². The van der Waals surface area contributed by atoms with Crippen molar-refractivity contribution >= 4 is 5.97 Å². The van der Waals surface area contributed by atoms with Crippen molar-refractivity contribution in [1.29, 1.82) is 0 Å². The van der Waals surface area contributed by atoms with Crippen molar-refractivity contribution in [3.05, 3.63) is 46.6 Å². The Labute approximate surface area is 146 Å². The van der Waals surface area contributed by atoms with Crippen molar-refractivity contribution in [2.75, 3.05) is 7.11 Å². The van der Waals surface area contributed by atoms with Gasteiger partial charge in [-0.15, -0.1) is 0 Å². The molecule has 1 aliphatic carbocycles. The molecule has 0 spiro atoms. The normalized spacial score (nSPS) is 28.3. The number of hydrogen-bond donors (Lipinski definition) is 0. The SMILES string of the molecule is CO[C@H]1CC=C(C)C[C@H]2C=C(CCC(C(C)C)=C/C=C/1C)C(=O)O2. The highest BCUT2D eigenvalue weighted by Crippen LogP contribution is 2.27. The van der Waals surface area contributed by atoms with Crippen LogP contribution in [0.5, 0.6) is 0 Å². The van der Waals surface area contributed by atoms with E-state index >= 15 is 0 Å². The predicted octanol–water partition coefficient (Wildman–Crippen LogP) is 4.90. The first kappa shape index (κ1) is 18.7. The maximum atomic E-state index is 12.1. The molecule has 1 aliphatic heterocycles. The quantitative estimate of drug-likeness (QED) is 0.533. The Bertz CT molecular complexity index is 590. The molecule has 2 bridgehead atoms. The Morgan fingerprint density at radius 1 is 1.21 bits per heavy atom. The Kier molecular flexibility index (Phi) is 6.61. The van der Waals surface area contributed by atoms with Crippen molar-refractivity contribution in [2.45, 2.75) is 65.6 Å². The number of hydrogen-bond acceptors (Lipinski definition) is 3. The van der Waals surface area contributed by atoms with Crippen LogP contribution in [0.1, 0.15) is 53.4 Å². The Morgan fingerprint density at radius 2 is 1.96 bits per heavy atom. The molecule has 0 aromatic carbocycles. The molecule has 132 valence electrons. The van der Waals surface area contributed by atoms with Crippen LogP contribution in [0.15, 0.2) is 46.6 Å². The van der Waals surface area contributed by atoms with Crippen LogP contribution in [0.25, 0.3) is 0 Å². The average molecular weight is 330 g/mol. The molecule has 0 fully saturated rings. The van der Waals surface area contributed by atoms with Crippen LogP contribution < -0.4 is 0 Å². The van der Waals surface area contributed by atoms with Gasteiger partial charge in [-0.1, -0.05) is 43.2 Å². The van der Waals surface area contributed by atoms with Gasteiger partial charge in [-0.05, 0) is 50.7 Å². The van der Waals surface area contributed by atoms with Crippen molar-refractivity contribution < 1.29 is 14.3 Å². The number of rotatable bonds is 2. The van der Waals surface area contributed by atoms with E-state index in [1.165, 1.54) is 16.7 Å². The third kappa shape index (κ3) is 4.94. The molecule has 0 aromatic heterocycles. The van der Waals surface area contributed by atoms with Gasteiger partial charge in [0.1, 0.15) is 6.10 Å². The zero-order valence-corrected chi connectivity index (χ0v) is 15.6. The van der Waals surface area contributed by atoms with E-state index in [0.717, 1.165) is 31.3 Å². The van der Waals surface area contributed by atoms with E-state index in [9.17, 15) is 4.79 Å². The molecule has 0 amide bonds. The van der Waals surface area contributed by atoms with E-state index in [0.29, 0.717) is 5.92 Å². The molecule has 0 aromatic rings. The highest BCUT2D eigenvalue weighted by molar-refractivity contribution is 5.90. The molecule has 0 saturated carbocycles. The summed E-state index contributed by atoms with van der Waals surface area (Å²) in [6.07, 6.45) is 11.8. The van der Waals surface area contributed by atoms with Crippen LogP contribution in [0, 0.1) is 5.92 Å². The third-order valence-electron chi connectivity index (χ3n) is 4.89. The van der Waals surface area contributed by atoms with Crippen molar-refractivity contribution in [1.82, 2.24) is 0 Å². The minimum Gasteiger partial charge on any atom is -0.454 e. The van der Waals surface area contributed by atoms with Crippen molar-refractivity contribution in [3.8, 4) is 0 Å². The summed E-state index contributed by atoms with van der Waals surface area (Å²) in [5, 5.41) is 0. The smallest absolute Gasteiger partial charge is 0.334 e. The maximum absolute atomic E-state index is 12.1. The van der Waals surface area contributed by atoms with E-state index in [1.54, 1.807) is 7.11 Å². The van der Waals surface area contributed by atoms with Gasteiger partial charge in [0.05, 0.1) is 6.10 Å². The van der Waals surface area contributed by atoms with Gasteiger partial charge in [-0.3, -0.25) is 0 Å². The second kappa shape index (κ2) is 8.48. The second-order valence-corrected chi connectivity index (χ2v) is 7.16. The van der Waals surface area contributed by atoms with Crippen LogP contribution in [0.3, 0.4) is 0 Å². The molecule has 0 unspecified atom stereocenters. The number of allylic oxidation sites excluding steroid dienone is 3. The first-order valence-corrected chi connectivity index (χ1v) is 8.88. The van der Waals surface area contributed by atoms with Gasteiger partial charge in [-0.2, -0.15) is 0 Å². The van der Waals surface area contributed by atoms with E-state index in [1.807, 2.05) is 6.08 Å². The topological polar surface area (TPSA) is 35.5 Å². The summed E-state index contributed by atoms with van der Waals surface area (Å²) < 4.78 is 11.2. The number of carbonyl (C=O) groups is 1. The fourth-order valence-corrected chi connectivity index (χ4v) is 3.19. The lowest BCUT2D eigenvalue weighted by atomic mass is 9.94. The summed E-state index contributed by atoms with van der Waals surface area (Å²) in [6, 6.07) is 0. The summed E-state index contributed by atoms with van der Waals surface area (Å²) in [5.74, 6) is 0.311. The molecule has 2 rings (SSSR count). The van der Waals surface area contributed by atoms with E-state index in [-0.39, 0.29) is 18.2 Å². The Balaban J connectivity index is 2.31. The van der Waals surface area contributed by atoms with Gasteiger partial charge < -0.3 is 9.47 Å². The molecule has 2 atom stereocenters. The van der Waals surface area contributed by atoms with E-state index < -0.39 is 0 Å². The molecule has 3 nitrogen and oxygen atoms in total. The number of esters is 1. The van der Waals surface area contributed by atoms with Crippen LogP contribution >= 0.6 is 0 Å². The van der Waals surface area contributed by atoms with Gasteiger partial charge >= 0.3 is 5.97 Å². The van der Waals surface area contributed by atoms with E-state index in [2.05, 4.69) is 45.9 Å². The molecule has 3 heteroatoms. The monoisotopic (exact) mass is 330 g/mol. The van der Waals surface area contributed by atoms with Crippen LogP contribution in [-0.2, 0) is 14.3 Å². The fourth-order valence-electron chi connectivity index (χ4n) is 3.19. The van der Waals surface area contributed by atoms with Gasteiger partial charge in [0, 0.05) is 19.1 Å². The van der Waals surface area contributed by atoms with Gasteiger partial charge in [0.2, 0.25) is 0 Å². The first-order valence-electron chi connectivity index (χ1n) is 8.88. The highest BCUT2D eigenvalue weighted by Gasteiger charge is 2.25. The summed E-state index contributed by atoms with van der Waals surface area (Å²) in [6.45, 7) is 8.61. The minimum absolute atomic E-state index is 0.0878. The van der Waals surface area contributed by atoms with Crippen LogP contribution in [0.4, 0.5) is 0 Å². The molecule has 2 aliphatic rings. The lowest BCUT2D eigenvalue weighted by molar-refractivity contribution is -0.139. The number of methoxy groups -OCH3 is 1. The molecule has 24 heavy (non-hydrogen) atoms. The minimum atomic E-state index is -0.146. The summed E-state index contributed by atoms with van der Waals surface area (Å²) >= 11 is 0. The third-order valence-corrected chi connectivity index (χ3v) is 4.89. The predicted molar refractivity (Wildman–Crippen MR) is 97.7 cm³/mol. The lowest BCUT2D eigenvalue weighted by Crippen LogP contribution is -2.12. The van der Waals surface area contributed by atoms with E-state index in [4.69, 9.17) is 9.47 Å². The maximum Gasteiger partial charge on any atom is 0.334 e. The lowest BCUT2D eigenvalue weighted by Gasteiger charge is -2.16. The van der Waals surface area contributed by atoms with Gasteiger partial charge in [-0.25, -0.2) is 4.79 Å². The van der Waals surface area contributed by atoms with Gasteiger partial charge in [0.15, 0.2) is 0 Å². The molecule has 0 N–H and O–H groups in total. The Morgan fingerprint density at radius 3 is 2.62 bits per heavy atom. The zero-order chi connectivity index (χ0) is 17.7. The molecular formula is C21H30O3. The summed E-state index contributed by atoms with van der Waals surface area (Å²) in [5.41, 5.74) is 4.64. The largest absolute Gasteiger partial charge is 0.454 e. The number of carbonyl (C=O) groups excluding carboxylic acids is 1. The Hall–Kier alpha value is -1.61. The molecule has 0 saturated heterocycles. The van der Waals surface area contributed by atoms with Crippen LogP contribution in [0.2, 0.25) is 0 Å². The molecule has 0 radical (unpaired) electrons. The molecule has 1 heterocycles. The average Bonchev–Trinajstić information content (AvgIpc) is 2.86. The van der Waals surface area contributed by atoms with Gasteiger partial charge in [0.25, 0.3) is 0 Å². The number of ether oxygens (including phenoxy) is 2. The summed E-state index contributed by atoms with van der Waals surface area (Å²) in [7, 11) is 1.76. The first-order chi connectivity index (χ1) is 11.4. The highest BCUT2D eigenvalue weighted by atomic mass is 16.5. The van der Waals surface area contributed by atoms with Crippen LogP contribution in [-0.4, -0.2) is 25.3 Å². The standard InChI is InChI=1S/C21H30O3/c1-14(2)17-8-7-16(4)20(23-5)11-6-15(3)12-19-13-18(10-9-17)21(22)24-19/h6-8,13-14,19-20H,9-12H2,1-5H3/b15-6?,16-7+,17-8?/t19-,20-/m0/s1. The summed E-state index contributed by atoms with van der Waals surface area (Å²) in [4.78, 5) is 12.1.